The van der Waals surface area contributed by atoms with E-state index in [0.29, 0.717) is 21.8 Å². The number of aromatic hydroxyl groups is 1. The number of nitrogens with zero attached hydrogens (tertiary/aromatic N) is 2. The molecule has 7 nitrogen and oxygen atoms in total. The van der Waals surface area contributed by atoms with Crippen LogP contribution in [0.15, 0.2) is 30.6 Å². The van der Waals surface area contributed by atoms with Crippen LogP contribution in [0, 0.1) is 0 Å². The first-order valence-electron chi connectivity index (χ1n) is 7.81. The van der Waals surface area contributed by atoms with Crippen LogP contribution < -0.4 is 0 Å². The summed E-state index contributed by atoms with van der Waals surface area (Å²) in [5.74, 6) is -1.16. The maximum Gasteiger partial charge on any atom is 0.352 e. The second-order valence-electron chi connectivity index (χ2n) is 6.61. The highest BCUT2D eigenvalue weighted by molar-refractivity contribution is 7.17. The van der Waals surface area contributed by atoms with Gasteiger partial charge in [0, 0.05) is 12.3 Å². The van der Waals surface area contributed by atoms with E-state index in [1.165, 1.54) is 13.2 Å². The second-order valence-corrected chi connectivity index (χ2v) is 7.66. The number of rotatable bonds is 3. The Hall–Kier alpha value is -2.87. The summed E-state index contributed by atoms with van der Waals surface area (Å²) in [4.78, 5) is 28.9. The van der Waals surface area contributed by atoms with Crippen molar-refractivity contribution in [3.63, 3.8) is 0 Å². The fourth-order valence-electron chi connectivity index (χ4n) is 2.39. The molecule has 26 heavy (non-hydrogen) atoms. The van der Waals surface area contributed by atoms with Gasteiger partial charge in [-0.05, 0) is 32.9 Å². The average molecular weight is 374 g/mol. The molecule has 0 aliphatic heterocycles. The summed E-state index contributed by atoms with van der Waals surface area (Å²) in [5.41, 5.74) is 0.975. The fraction of sp³-hybridized carbons (Fsp3) is 0.278. The van der Waals surface area contributed by atoms with Crippen molar-refractivity contribution in [2.45, 2.75) is 26.4 Å². The van der Waals surface area contributed by atoms with E-state index < -0.39 is 17.5 Å². The molecule has 0 unspecified atom stereocenters. The van der Waals surface area contributed by atoms with Gasteiger partial charge in [-0.1, -0.05) is 0 Å². The molecule has 3 heterocycles. The lowest BCUT2D eigenvalue weighted by Gasteiger charge is -2.18. The first-order chi connectivity index (χ1) is 12.2. The molecule has 136 valence electrons. The SMILES string of the molecule is COC(=O)c1ccn2c(-c3cc(O)c(C(=O)OC(C)(C)C)s3)cnc2c1. The third-order valence-corrected chi connectivity index (χ3v) is 4.61. The van der Waals surface area contributed by atoms with Crippen molar-refractivity contribution in [1.29, 1.82) is 0 Å². The van der Waals surface area contributed by atoms with Gasteiger partial charge in [0.05, 0.1) is 29.4 Å². The summed E-state index contributed by atoms with van der Waals surface area (Å²) in [7, 11) is 1.32. The van der Waals surface area contributed by atoms with Crippen molar-refractivity contribution in [3.05, 3.63) is 41.0 Å². The quantitative estimate of drug-likeness (QED) is 0.706. The molecule has 0 amide bonds. The standard InChI is InChI=1S/C18H18N2O5S/c1-18(2,3)25-17(23)15-12(21)8-13(26-15)11-9-19-14-7-10(16(22)24-4)5-6-20(11)14/h5-9,21H,1-4H3. The van der Waals surface area contributed by atoms with Gasteiger partial charge in [-0.25, -0.2) is 14.6 Å². The van der Waals surface area contributed by atoms with E-state index in [4.69, 9.17) is 9.47 Å². The lowest BCUT2D eigenvalue weighted by atomic mass is 10.2. The van der Waals surface area contributed by atoms with Gasteiger partial charge in [-0.3, -0.25) is 4.40 Å². The molecule has 0 spiro atoms. The predicted octanol–water partition coefficient (Wildman–Crippen LogP) is 3.51. The number of ether oxygens (including phenoxy) is 2. The lowest BCUT2D eigenvalue weighted by Crippen LogP contribution is -2.23. The first-order valence-corrected chi connectivity index (χ1v) is 8.63. The minimum atomic E-state index is -0.652. The maximum absolute atomic E-state index is 12.2. The van der Waals surface area contributed by atoms with Gasteiger partial charge < -0.3 is 14.6 Å². The summed E-state index contributed by atoms with van der Waals surface area (Å²) < 4.78 is 11.8. The molecule has 0 atom stereocenters. The van der Waals surface area contributed by atoms with Gasteiger partial charge >= 0.3 is 11.9 Å². The Labute approximate surface area is 153 Å². The van der Waals surface area contributed by atoms with Crippen LogP contribution in [0.2, 0.25) is 0 Å². The third kappa shape index (κ3) is 3.41. The Morgan fingerprint density at radius 2 is 1.96 bits per heavy atom. The Kier molecular flexibility index (Phi) is 4.45. The number of hydrogen-bond donors (Lipinski definition) is 1. The molecule has 0 aromatic carbocycles. The van der Waals surface area contributed by atoms with Gasteiger partial charge in [0.25, 0.3) is 0 Å². The van der Waals surface area contributed by atoms with Gasteiger partial charge in [0.2, 0.25) is 0 Å². The molecule has 3 aromatic rings. The molecule has 8 heteroatoms. The molecular weight excluding hydrogens is 356 g/mol. The van der Waals surface area contributed by atoms with Crippen LogP contribution in [0.3, 0.4) is 0 Å². The van der Waals surface area contributed by atoms with Gasteiger partial charge in [0.1, 0.15) is 17.0 Å². The number of methoxy groups -OCH3 is 1. The topological polar surface area (TPSA) is 90.1 Å². The highest BCUT2D eigenvalue weighted by Crippen LogP contribution is 2.37. The molecule has 3 rings (SSSR count). The van der Waals surface area contributed by atoms with Crippen LogP contribution in [-0.4, -0.2) is 39.1 Å². The van der Waals surface area contributed by atoms with E-state index in [1.54, 1.807) is 49.7 Å². The van der Waals surface area contributed by atoms with Gasteiger partial charge in [-0.15, -0.1) is 11.3 Å². The minimum Gasteiger partial charge on any atom is -0.506 e. The Balaban J connectivity index is 1.99. The van der Waals surface area contributed by atoms with Gasteiger partial charge in [0.15, 0.2) is 4.88 Å². The second kappa shape index (κ2) is 6.45. The van der Waals surface area contributed by atoms with Crippen LogP contribution in [0.25, 0.3) is 16.2 Å². The number of aromatic nitrogens is 2. The molecule has 0 saturated carbocycles. The molecule has 1 N–H and O–H groups in total. The normalized spacial score (nSPS) is 11.5. The zero-order valence-corrected chi connectivity index (χ0v) is 15.6. The molecule has 0 fully saturated rings. The van der Waals surface area contributed by atoms with Crippen LogP contribution in [0.5, 0.6) is 5.75 Å². The van der Waals surface area contributed by atoms with E-state index in [1.807, 2.05) is 0 Å². The number of esters is 2. The monoisotopic (exact) mass is 374 g/mol. The van der Waals surface area contributed by atoms with Crippen molar-refractivity contribution in [2.24, 2.45) is 0 Å². The first kappa shape index (κ1) is 17.9. The molecule has 0 saturated heterocycles. The zero-order valence-electron chi connectivity index (χ0n) is 14.8. The van der Waals surface area contributed by atoms with Crippen LogP contribution in [0.1, 0.15) is 40.8 Å². The fourth-order valence-corrected chi connectivity index (χ4v) is 3.32. The molecule has 0 aliphatic carbocycles. The number of hydrogen-bond acceptors (Lipinski definition) is 7. The number of imidazole rings is 1. The number of thiophene rings is 1. The molecule has 0 aliphatic rings. The average Bonchev–Trinajstić information content (AvgIpc) is 3.15. The van der Waals surface area contributed by atoms with Crippen molar-refractivity contribution in [2.75, 3.05) is 7.11 Å². The van der Waals surface area contributed by atoms with Crippen LogP contribution >= 0.6 is 11.3 Å². The van der Waals surface area contributed by atoms with Crippen molar-refractivity contribution in [3.8, 4) is 16.3 Å². The highest BCUT2D eigenvalue weighted by Gasteiger charge is 2.24. The minimum absolute atomic E-state index is 0.135. The number of fused-ring (bicyclic) bond motifs is 1. The van der Waals surface area contributed by atoms with Crippen molar-refractivity contribution < 1.29 is 24.2 Å². The summed E-state index contributed by atoms with van der Waals surface area (Å²) in [6, 6.07) is 4.73. The number of pyridine rings is 1. The van der Waals surface area contributed by atoms with E-state index >= 15 is 0 Å². The van der Waals surface area contributed by atoms with Crippen LogP contribution in [-0.2, 0) is 9.47 Å². The lowest BCUT2D eigenvalue weighted by molar-refractivity contribution is 0.00726. The van der Waals surface area contributed by atoms with E-state index in [2.05, 4.69) is 4.98 Å². The predicted molar refractivity (Wildman–Crippen MR) is 96.7 cm³/mol. The summed E-state index contributed by atoms with van der Waals surface area (Å²) in [6.07, 6.45) is 3.30. The summed E-state index contributed by atoms with van der Waals surface area (Å²) in [6.45, 7) is 5.29. The van der Waals surface area contributed by atoms with Crippen LogP contribution in [0.4, 0.5) is 0 Å². The van der Waals surface area contributed by atoms with Crippen molar-refractivity contribution >= 4 is 28.9 Å². The van der Waals surface area contributed by atoms with Crippen molar-refractivity contribution in [1.82, 2.24) is 9.38 Å². The Morgan fingerprint density at radius 3 is 2.62 bits per heavy atom. The zero-order chi connectivity index (χ0) is 19.1. The van der Waals surface area contributed by atoms with Gasteiger partial charge in [-0.2, -0.15) is 0 Å². The molecule has 0 bridgehead atoms. The maximum atomic E-state index is 12.2. The molecule has 3 aromatic heterocycles. The number of carbonyl (C=O) groups is 2. The largest absolute Gasteiger partial charge is 0.506 e. The van der Waals surface area contributed by atoms with E-state index in [0.717, 1.165) is 11.3 Å². The summed E-state index contributed by atoms with van der Waals surface area (Å²) in [5, 5.41) is 10.1. The van der Waals surface area contributed by atoms with E-state index in [9.17, 15) is 14.7 Å². The summed E-state index contributed by atoms with van der Waals surface area (Å²) >= 11 is 1.12. The Bertz CT molecular complexity index is 997. The molecular formula is C18H18N2O5S. The number of carbonyl (C=O) groups excluding carboxylic acids is 2. The van der Waals surface area contributed by atoms with E-state index in [-0.39, 0.29) is 10.6 Å². The third-order valence-electron chi connectivity index (χ3n) is 3.48. The molecule has 0 radical (unpaired) electrons. The smallest absolute Gasteiger partial charge is 0.352 e. The Morgan fingerprint density at radius 1 is 1.23 bits per heavy atom. The highest BCUT2D eigenvalue weighted by atomic mass is 32.1.